The van der Waals surface area contributed by atoms with Gasteiger partial charge in [0, 0.05) is 42.0 Å². The van der Waals surface area contributed by atoms with Crippen LogP contribution in [0.25, 0.3) is 0 Å². The second-order valence-electron chi connectivity index (χ2n) is 16.4. The van der Waals surface area contributed by atoms with Gasteiger partial charge in [0.2, 0.25) is 0 Å². The van der Waals surface area contributed by atoms with Crippen LogP contribution in [0.1, 0.15) is 91.2 Å². The molecule has 8 atom stereocenters. The first-order valence-corrected chi connectivity index (χ1v) is 16.7. The van der Waals surface area contributed by atoms with Crippen LogP contribution >= 0.6 is 0 Å². The first kappa shape index (κ1) is 30.3. The molecule has 5 aliphatic carbocycles. The number of aliphatic carboxylic acids is 1. The molecule has 8 rings (SSSR count). The lowest BCUT2D eigenvalue weighted by Gasteiger charge is -2.75. The number of fused-ring (bicyclic) bond motifs is 2. The van der Waals surface area contributed by atoms with E-state index < -0.39 is 29.3 Å². The highest BCUT2D eigenvalue weighted by Crippen LogP contribution is 2.78. The summed E-state index contributed by atoms with van der Waals surface area (Å²) in [6.45, 7) is 13.9. The fourth-order valence-corrected chi connectivity index (χ4v) is 10.4. The van der Waals surface area contributed by atoms with Crippen molar-refractivity contribution in [2.24, 2.45) is 28.6 Å². The van der Waals surface area contributed by atoms with E-state index >= 15 is 0 Å². The Bertz CT molecular complexity index is 1380. The average molecular weight is 611 g/mol. The van der Waals surface area contributed by atoms with E-state index in [0.29, 0.717) is 17.5 Å². The summed E-state index contributed by atoms with van der Waals surface area (Å²) in [6, 6.07) is 3.18. The number of carboxylic acid groups (broad SMARTS) is 1. The van der Waals surface area contributed by atoms with Crippen LogP contribution in [0.5, 0.6) is 11.5 Å². The molecule has 44 heavy (non-hydrogen) atoms. The van der Waals surface area contributed by atoms with Crippen molar-refractivity contribution in [1.29, 1.82) is 0 Å². The number of carbonyl (C=O) groups excluding carboxylic acids is 1. The minimum atomic E-state index is -1.10. The molecule has 9 heteroatoms. The Hall–Kier alpha value is -2.36. The third-order valence-corrected chi connectivity index (χ3v) is 13.3. The van der Waals surface area contributed by atoms with E-state index in [1.807, 2.05) is 13.0 Å². The Kier molecular flexibility index (Phi) is 6.60. The minimum Gasteiger partial charge on any atom is -0.482 e. The predicted molar refractivity (Wildman–Crippen MR) is 164 cm³/mol. The molecular weight excluding hydrogens is 560 g/mol. The quantitative estimate of drug-likeness (QED) is 0.380. The first-order chi connectivity index (χ1) is 20.6. The lowest BCUT2D eigenvalue weighted by Crippen LogP contribution is -2.83. The number of piperidine rings is 1. The van der Waals surface area contributed by atoms with Crippen molar-refractivity contribution in [1.82, 2.24) is 10.2 Å². The number of hydrogen-bond donors (Lipinski definition) is 3. The van der Waals surface area contributed by atoms with Crippen molar-refractivity contribution in [2.45, 2.75) is 121 Å². The van der Waals surface area contributed by atoms with Crippen molar-refractivity contribution in [3.8, 4) is 11.5 Å². The molecule has 1 aromatic carbocycles. The Balaban J connectivity index is 1.36. The van der Waals surface area contributed by atoms with Gasteiger partial charge in [-0.2, -0.15) is 0 Å². The monoisotopic (exact) mass is 610 g/mol. The minimum absolute atomic E-state index is 0.115. The summed E-state index contributed by atoms with van der Waals surface area (Å²) in [4.78, 5) is 27.7. The highest BCUT2D eigenvalue weighted by molar-refractivity contribution is 5.81. The third kappa shape index (κ3) is 3.81. The normalized spacial score (nSPS) is 37.2. The Labute approximate surface area is 261 Å². The van der Waals surface area contributed by atoms with Crippen LogP contribution in [0.15, 0.2) is 12.1 Å². The maximum absolute atomic E-state index is 13.1. The zero-order valence-corrected chi connectivity index (χ0v) is 27.4. The summed E-state index contributed by atoms with van der Waals surface area (Å²) in [5.74, 6) is 0.130. The van der Waals surface area contributed by atoms with Crippen molar-refractivity contribution >= 4 is 12.1 Å². The van der Waals surface area contributed by atoms with Gasteiger partial charge in [-0.1, -0.05) is 40.7 Å². The number of nitrogens with zero attached hydrogens (tertiary/aromatic N) is 1. The standard InChI is InChI=1S/C35H50N2O7/c1-19(2)26(28(38)39)36-30(40)43-22-11-10-21-16-24-33-12-13-35(42-7,23(17-33)32(6,41)31(3,4)5)29-34(33,25(21)27(22)44-29)14-15-37(24)18-20-8-9-20/h10-11,19-20,23-24,26,29,41H,8-9,12-18H2,1-7H3,(H,36,40)(H,38,39)/t23-,24-,26-,29-,32-,33-,34+,35-/m1/s1. The van der Waals surface area contributed by atoms with E-state index in [-0.39, 0.29) is 34.2 Å². The molecule has 1 amide bonds. The van der Waals surface area contributed by atoms with Crippen LogP contribution in [0, 0.1) is 28.6 Å². The fraction of sp³-hybridized carbons (Fsp3) is 0.771. The SMILES string of the molecule is CO[C@]12CC[C@@]3(C[C@@H]1[C@@](C)(O)C(C)(C)C)[C@H]1Cc4ccc(OC(=O)N[C@@H](C(=O)O)C(C)C)c5c4[C@@]3(CCN1CC1CC1)[C@H]2O5. The molecule has 1 aromatic rings. The maximum atomic E-state index is 13.1. The van der Waals surface area contributed by atoms with E-state index in [1.54, 1.807) is 21.0 Å². The predicted octanol–water partition coefficient (Wildman–Crippen LogP) is 4.91. The topological polar surface area (TPSA) is 118 Å². The van der Waals surface area contributed by atoms with E-state index in [9.17, 15) is 19.8 Å². The van der Waals surface area contributed by atoms with Crippen LogP contribution in [0.3, 0.4) is 0 Å². The first-order valence-electron chi connectivity index (χ1n) is 16.7. The van der Waals surface area contributed by atoms with Gasteiger partial charge in [0.15, 0.2) is 11.5 Å². The average Bonchev–Trinajstić information content (AvgIpc) is 3.69. The number of likely N-dealkylation sites (tertiary alicyclic amines) is 1. The molecule has 9 nitrogen and oxygen atoms in total. The Morgan fingerprint density at radius 1 is 1.16 bits per heavy atom. The van der Waals surface area contributed by atoms with Crippen LogP contribution in [0.4, 0.5) is 4.79 Å². The van der Waals surface area contributed by atoms with Crippen molar-refractivity contribution in [3.63, 3.8) is 0 Å². The number of amides is 1. The van der Waals surface area contributed by atoms with Crippen LogP contribution < -0.4 is 14.8 Å². The summed E-state index contributed by atoms with van der Waals surface area (Å²) in [5, 5.41) is 24.6. The second-order valence-corrected chi connectivity index (χ2v) is 16.4. The number of rotatable bonds is 8. The Morgan fingerprint density at radius 3 is 2.50 bits per heavy atom. The number of carbonyl (C=O) groups is 2. The van der Waals surface area contributed by atoms with Crippen molar-refractivity contribution in [3.05, 3.63) is 23.3 Å². The lowest BCUT2D eigenvalue weighted by atomic mass is 9.33. The van der Waals surface area contributed by atoms with E-state index in [0.717, 1.165) is 56.7 Å². The molecule has 2 aliphatic heterocycles. The van der Waals surface area contributed by atoms with Crippen LogP contribution in [-0.4, -0.2) is 76.8 Å². The molecule has 0 unspecified atom stereocenters. The van der Waals surface area contributed by atoms with Gasteiger partial charge in [-0.3, -0.25) is 4.90 Å². The highest BCUT2D eigenvalue weighted by atomic mass is 16.6. The number of hydrogen-bond acceptors (Lipinski definition) is 7. The largest absolute Gasteiger partial charge is 0.482 e. The molecule has 7 aliphatic rings. The zero-order chi connectivity index (χ0) is 31.6. The summed E-state index contributed by atoms with van der Waals surface area (Å²) in [5.41, 5.74) is -0.164. The summed E-state index contributed by atoms with van der Waals surface area (Å²) in [7, 11) is 1.78. The molecule has 2 heterocycles. The van der Waals surface area contributed by atoms with E-state index in [1.165, 1.54) is 18.4 Å². The summed E-state index contributed by atoms with van der Waals surface area (Å²) in [6.07, 6.45) is 5.97. The van der Waals surface area contributed by atoms with Gasteiger partial charge in [0.1, 0.15) is 17.7 Å². The number of aliphatic hydroxyl groups is 1. The smallest absolute Gasteiger partial charge is 0.413 e. The number of ether oxygens (including phenoxy) is 3. The second kappa shape index (κ2) is 9.58. The molecule has 2 spiro atoms. The van der Waals surface area contributed by atoms with Gasteiger partial charge in [0.05, 0.1) is 5.60 Å². The van der Waals surface area contributed by atoms with Gasteiger partial charge >= 0.3 is 12.1 Å². The third-order valence-electron chi connectivity index (χ3n) is 13.3. The van der Waals surface area contributed by atoms with Crippen LogP contribution in [0.2, 0.25) is 0 Å². The summed E-state index contributed by atoms with van der Waals surface area (Å²) >= 11 is 0. The number of carboxylic acids is 1. The fourth-order valence-electron chi connectivity index (χ4n) is 10.4. The van der Waals surface area contributed by atoms with E-state index in [2.05, 4.69) is 37.1 Å². The molecule has 3 N–H and O–H groups in total. The van der Waals surface area contributed by atoms with Crippen LogP contribution in [-0.2, 0) is 21.4 Å². The molecular formula is C35H50N2O7. The number of nitrogens with one attached hydrogen (secondary N) is 1. The molecule has 242 valence electrons. The van der Waals surface area contributed by atoms with E-state index in [4.69, 9.17) is 14.2 Å². The Morgan fingerprint density at radius 2 is 1.89 bits per heavy atom. The molecule has 0 radical (unpaired) electrons. The lowest BCUT2D eigenvalue weighted by molar-refractivity contribution is -0.312. The molecule has 4 saturated carbocycles. The van der Waals surface area contributed by atoms with Gasteiger partial charge < -0.3 is 29.7 Å². The zero-order valence-electron chi connectivity index (χ0n) is 27.4. The van der Waals surface area contributed by atoms with Gasteiger partial charge in [0.25, 0.3) is 0 Å². The molecule has 1 saturated heterocycles. The van der Waals surface area contributed by atoms with Crippen molar-refractivity contribution < 1.29 is 34.0 Å². The van der Waals surface area contributed by atoms with Gasteiger partial charge in [-0.25, -0.2) is 9.59 Å². The molecule has 0 aromatic heterocycles. The number of methoxy groups -OCH3 is 1. The van der Waals surface area contributed by atoms with Gasteiger partial charge in [-0.05, 0) is 87.3 Å². The summed E-state index contributed by atoms with van der Waals surface area (Å²) < 4.78 is 19.7. The number of benzene rings is 1. The maximum Gasteiger partial charge on any atom is 0.413 e. The molecule has 4 bridgehead atoms. The van der Waals surface area contributed by atoms with Crippen molar-refractivity contribution in [2.75, 3.05) is 20.2 Å². The van der Waals surface area contributed by atoms with Gasteiger partial charge in [-0.15, -0.1) is 0 Å². The highest BCUT2D eigenvalue weighted by Gasteiger charge is 2.82. The molecule has 5 fully saturated rings.